The number of aromatic amines is 1. The van der Waals surface area contributed by atoms with E-state index in [0.717, 1.165) is 28.5 Å². The lowest BCUT2D eigenvalue weighted by Crippen LogP contribution is -1.99. The maximum absolute atomic E-state index is 5.77. The zero-order valence-corrected chi connectivity index (χ0v) is 11.0. The summed E-state index contributed by atoms with van der Waals surface area (Å²) in [5.41, 5.74) is 8.68. The second-order valence-electron chi connectivity index (χ2n) is 4.54. The molecule has 0 radical (unpaired) electrons. The zero-order chi connectivity index (χ0) is 13.1. The molecule has 3 N–H and O–H groups in total. The van der Waals surface area contributed by atoms with Gasteiger partial charge in [-0.05, 0) is 12.1 Å². The van der Waals surface area contributed by atoms with Crippen molar-refractivity contribution < 1.29 is 4.74 Å². The highest BCUT2D eigenvalue weighted by Gasteiger charge is 2.13. The highest BCUT2D eigenvalue weighted by Crippen LogP contribution is 2.26. The number of nitrogens with zero attached hydrogens (tertiary/aromatic N) is 1. The number of rotatable bonds is 4. The second kappa shape index (κ2) is 5.23. The molecule has 4 nitrogen and oxygen atoms in total. The molecule has 0 saturated carbocycles. The van der Waals surface area contributed by atoms with E-state index in [2.05, 4.69) is 23.8 Å². The topological polar surface area (TPSA) is 63.9 Å². The average molecular weight is 245 g/mol. The number of ether oxygens (including phenoxy) is 1. The van der Waals surface area contributed by atoms with E-state index in [1.54, 1.807) is 7.11 Å². The molecule has 0 fully saturated rings. The first-order chi connectivity index (χ1) is 8.65. The fourth-order valence-corrected chi connectivity index (χ4v) is 1.86. The van der Waals surface area contributed by atoms with Gasteiger partial charge in [0.05, 0.1) is 18.5 Å². The van der Waals surface area contributed by atoms with Gasteiger partial charge in [0.25, 0.3) is 0 Å². The monoisotopic (exact) mass is 245 g/mol. The lowest BCUT2D eigenvalue weighted by Gasteiger charge is -2.03. The zero-order valence-electron chi connectivity index (χ0n) is 11.0. The van der Waals surface area contributed by atoms with E-state index in [4.69, 9.17) is 10.5 Å². The molecule has 0 unspecified atom stereocenters. The molecular weight excluding hydrogens is 226 g/mol. The van der Waals surface area contributed by atoms with Crippen molar-refractivity contribution in [2.24, 2.45) is 5.73 Å². The number of nitrogens with one attached hydrogen (secondary N) is 1. The quantitative estimate of drug-likeness (QED) is 0.870. The Morgan fingerprint density at radius 1 is 1.39 bits per heavy atom. The van der Waals surface area contributed by atoms with Crippen molar-refractivity contribution in [2.75, 3.05) is 7.11 Å². The van der Waals surface area contributed by atoms with E-state index >= 15 is 0 Å². The van der Waals surface area contributed by atoms with Gasteiger partial charge in [0, 0.05) is 18.0 Å². The van der Waals surface area contributed by atoms with Gasteiger partial charge in [0.2, 0.25) is 0 Å². The summed E-state index contributed by atoms with van der Waals surface area (Å²) in [6.07, 6.45) is 0. The maximum Gasteiger partial charge on any atom is 0.119 e. The van der Waals surface area contributed by atoms with Crippen LogP contribution in [0.5, 0.6) is 5.75 Å². The Morgan fingerprint density at radius 2 is 2.17 bits per heavy atom. The molecule has 0 amide bonds. The van der Waals surface area contributed by atoms with Gasteiger partial charge in [-0.1, -0.05) is 26.0 Å². The van der Waals surface area contributed by atoms with Crippen molar-refractivity contribution in [3.63, 3.8) is 0 Å². The largest absolute Gasteiger partial charge is 0.497 e. The summed E-state index contributed by atoms with van der Waals surface area (Å²) >= 11 is 0. The van der Waals surface area contributed by atoms with Gasteiger partial charge in [-0.3, -0.25) is 0 Å². The van der Waals surface area contributed by atoms with Gasteiger partial charge in [-0.2, -0.15) is 0 Å². The van der Waals surface area contributed by atoms with Crippen LogP contribution in [0.3, 0.4) is 0 Å². The predicted octanol–water partition coefficient (Wildman–Crippen LogP) is 2.67. The number of H-pyrrole nitrogens is 1. The van der Waals surface area contributed by atoms with Crippen LogP contribution < -0.4 is 10.5 Å². The van der Waals surface area contributed by atoms with Crippen molar-refractivity contribution in [3.8, 4) is 17.0 Å². The number of aromatic nitrogens is 2. The third-order valence-corrected chi connectivity index (χ3v) is 2.89. The van der Waals surface area contributed by atoms with E-state index in [1.807, 2.05) is 24.3 Å². The van der Waals surface area contributed by atoms with Crippen molar-refractivity contribution in [1.29, 1.82) is 0 Å². The molecule has 0 aliphatic heterocycles. The van der Waals surface area contributed by atoms with Crippen LogP contribution >= 0.6 is 0 Å². The number of imidazole rings is 1. The van der Waals surface area contributed by atoms with Crippen LogP contribution in [0.15, 0.2) is 24.3 Å². The first-order valence-corrected chi connectivity index (χ1v) is 6.09. The Morgan fingerprint density at radius 3 is 2.78 bits per heavy atom. The fourth-order valence-electron chi connectivity index (χ4n) is 1.86. The predicted molar refractivity (Wildman–Crippen MR) is 72.6 cm³/mol. The number of methoxy groups -OCH3 is 1. The molecule has 4 heteroatoms. The molecule has 0 aliphatic rings. The van der Waals surface area contributed by atoms with Gasteiger partial charge in [-0.25, -0.2) is 4.98 Å². The molecular formula is C14H19N3O. The summed E-state index contributed by atoms with van der Waals surface area (Å²) in [7, 11) is 1.66. The third kappa shape index (κ3) is 2.38. The molecule has 0 spiro atoms. The first kappa shape index (κ1) is 12.6. The molecule has 2 aromatic rings. The fraction of sp³-hybridized carbons (Fsp3) is 0.357. The van der Waals surface area contributed by atoms with Gasteiger partial charge < -0.3 is 15.5 Å². The third-order valence-electron chi connectivity index (χ3n) is 2.89. The number of benzene rings is 1. The lowest BCUT2D eigenvalue weighted by molar-refractivity contribution is 0.415. The summed E-state index contributed by atoms with van der Waals surface area (Å²) in [6, 6.07) is 7.86. The number of nitrogens with two attached hydrogens (primary N) is 1. The van der Waals surface area contributed by atoms with Crippen LogP contribution in [0.4, 0.5) is 0 Å². The summed E-state index contributed by atoms with van der Waals surface area (Å²) < 4.78 is 5.23. The van der Waals surface area contributed by atoms with Crippen LogP contribution in [0.25, 0.3) is 11.3 Å². The molecule has 1 aromatic heterocycles. The Hall–Kier alpha value is -1.81. The van der Waals surface area contributed by atoms with E-state index in [-0.39, 0.29) is 0 Å². The van der Waals surface area contributed by atoms with Crippen molar-refractivity contribution in [2.45, 2.75) is 26.3 Å². The molecule has 2 rings (SSSR count). The van der Waals surface area contributed by atoms with Crippen LogP contribution in [-0.2, 0) is 6.54 Å². The minimum absolute atomic E-state index is 0.356. The first-order valence-electron chi connectivity index (χ1n) is 6.09. The smallest absolute Gasteiger partial charge is 0.119 e. The van der Waals surface area contributed by atoms with Crippen LogP contribution in [-0.4, -0.2) is 17.1 Å². The molecule has 0 saturated heterocycles. The molecule has 1 heterocycles. The second-order valence-corrected chi connectivity index (χ2v) is 4.54. The Labute approximate surface area is 107 Å². The van der Waals surface area contributed by atoms with E-state index in [1.165, 1.54) is 0 Å². The van der Waals surface area contributed by atoms with Crippen molar-refractivity contribution >= 4 is 0 Å². The highest BCUT2D eigenvalue weighted by molar-refractivity contribution is 5.64. The Balaban J connectivity index is 2.48. The van der Waals surface area contributed by atoms with E-state index in [9.17, 15) is 0 Å². The Kier molecular flexibility index (Phi) is 3.67. The van der Waals surface area contributed by atoms with Gasteiger partial charge >= 0.3 is 0 Å². The molecule has 1 aromatic carbocycles. The van der Waals surface area contributed by atoms with Crippen LogP contribution in [0.1, 0.15) is 31.3 Å². The minimum atomic E-state index is 0.356. The molecule has 0 atom stereocenters. The van der Waals surface area contributed by atoms with Crippen LogP contribution in [0.2, 0.25) is 0 Å². The van der Waals surface area contributed by atoms with Gasteiger partial charge in [-0.15, -0.1) is 0 Å². The summed E-state index contributed by atoms with van der Waals surface area (Å²) in [6.45, 7) is 4.66. The summed E-state index contributed by atoms with van der Waals surface area (Å²) in [5.74, 6) is 2.15. The van der Waals surface area contributed by atoms with Gasteiger partial charge in [0.15, 0.2) is 0 Å². The van der Waals surface area contributed by atoms with Crippen LogP contribution in [0, 0.1) is 0 Å². The molecule has 96 valence electrons. The maximum atomic E-state index is 5.77. The highest BCUT2D eigenvalue weighted by atomic mass is 16.5. The summed E-state index contributed by atoms with van der Waals surface area (Å²) in [4.78, 5) is 7.93. The van der Waals surface area contributed by atoms with Crippen molar-refractivity contribution in [1.82, 2.24) is 9.97 Å². The number of hydrogen-bond donors (Lipinski definition) is 2. The normalized spacial score (nSPS) is 10.9. The van der Waals surface area contributed by atoms with Gasteiger partial charge in [0.1, 0.15) is 11.6 Å². The Bertz CT molecular complexity index is 532. The lowest BCUT2D eigenvalue weighted by atomic mass is 10.1. The van der Waals surface area contributed by atoms with Crippen molar-refractivity contribution in [3.05, 3.63) is 35.8 Å². The summed E-state index contributed by atoms with van der Waals surface area (Å²) in [5, 5.41) is 0. The van der Waals surface area contributed by atoms with E-state index < -0.39 is 0 Å². The minimum Gasteiger partial charge on any atom is -0.497 e. The standard InChI is InChI=1S/C14H19N3O/c1-9(2)14-16-12(8-15)13(17-14)10-5-4-6-11(7-10)18-3/h4-7,9H,8,15H2,1-3H3,(H,16,17). The molecule has 18 heavy (non-hydrogen) atoms. The molecule has 0 bridgehead atoms. The number of hydrogen-bond acceptors (Lipinski definition) is 3. The van der Waals surface area contributed by atoms with E-state index in [0.29, 0.717) is 12.5 Å². The molecule has 0 aliphatic carbocycles. The average Bonchev–Trinajstić information content (AvgIpc) is 2.83. The SMILES string of the molecule is COc1cccc(-c2nc(C(C)C)[nH]c2CN)c1.